The molecule has 0 aromatic heterocycles. The van der Waals surface area contributed by atoms with Crippen molar-refractivity contribution in [3.8, 4) is 5.75 Å². The van der Waals surface area contributed by atoms with Crippen LogP contribution in [-0.4, -0.2) is 41.7 Å². The molecule has 1 aliphatic heterocycles. The second kappa shape index (κ2) is 8.15. The van der Waals surface area contributed by atoms with Crippen molar-refractivity contribution in [2.24, 2.45) is 5.73 Å². The van der Waals surface area contributed by atoms with Crippen LogP contribution in [0.2, 0.25) is 0 Å². The van der Waals surface area contributed by atoms with E-state index in [-0.39, 0.29) is 0 Å². The molecule has 1 saturated heterocycles. The van der Waals surface area contributed by atoms with E-state index in [0.717, 1.165) is 36.5 Å². The predicted octanol–water partition coefficient (Wildman–Crippen LogP) is 2.03. The van der Waals surface area contributed by atoms with Gasteiger partial charge in [-0.3, -0.25) is 9.69 Å². The molecule has 1 aliphatic rings. The van der Waals surface area contributed by atoms with E-state index in [1.807, 2.05) is 25.1 Å². The minimum absolute atomic E-state index is 0.342. The number of nitrogens with two attached hydrogens (primary N) is 1. The highest BCUT2D eigenvalue weighted by Gasteiger charge is 2.16. The second-order valence-corrected chi connectivity index (χ2v) is 5.86. The van der Waals surface area contributed by atoms with Crippen LogP contribution >= 0.6 is 0 Å². The number of carboxylic acids is 1. The molecule has 0 radical (unpaired) electrons. The summed E-state index contributed by atoms with van der Waals surface area (Å²) in [6.07, 6.45) is 4.14. The van der Waals surface area contributed by atoms with Gasteiger partial charge in [0.15, 0.2) is 0 Å². The van der Waals surface area contributed by atoms with Crippen LogP contribution in [0.15, 0.2) is 18.2 Å². The minimum Gasteiger partial charge on any atom is -0.494 e. The Balaban J connectivity index is 2.13. The molecule has 3 N–H and O–H groups in total. The monoisotopic (exact) mass is 306 g/mol. The topological polar surface area (TPSA) is 75.8 Å². The van der Waals surface area contributed by atoms with Gasteiger partial charge >= 0.3 is 5.97 Å². The molecule has 22 heavy (non-hydrogen) atoms. The van der Waals surface area contributed by atoms with E-state index in [0.29, 0.717) is 13.0 Å². The molecule has 1 fully saturated rings. The molecule has 0 saturated carbocycles. The Morgan fingerprint density at radius 1 is 1.36 bits per heavy atom. The molecule has 0 aliphatic carbocycles. The van der Waals surface area contributed by atoms with Gasteiger partial charge in [0.05, 0.1) is 6.61 Å². The number of aliphatic carboxylic acids is 1. The summed E-state index contributed by atoms with van der Waals surface area (Å²) in [7, 11) is 0. The molecule has 1 aromatic carbocycles. The molecule has 122 valence electrons. The van der Waals surface area contributed by atoms with E-state index in [1.54, 1.807) is 0 Å². The van der Waals surface area contributed by atoms with E-state index in [4.69, 9.17) is 15.6 Å². The van der Waals surface area contributed by atoms with Gasteiger partial charge in [0.2, 0.25) is 0 Å². The maximum Gasteiger partial charge on any atom is 0.320 e. The summed E-state index contributed by atoms with van der Waals surface area (Å²) in [6, 6.07) is 5.03. The van der Waals surface area contributed by atoms with Crippen molar-refractivity contribution in [2.45, 2.75) is 45.2 Å². The summed E-state index contributed by atoms with van der Waals surface area (Å²) in [6.45, 7) is 5.68. The Labute approximate surface area is 132 Å². The lowest BCUT2D eigenvalue weighted by atomic mass is 10.0. The number of hydrogen-bond acceptors (Lipinski definition) is 4. The Bertz CT molecular complexity index is 499. The first-order valence-electron chi connectivity index (χ1n) is 8.05. The molecule has 0 spiro atoms. The van der Waals surface area contributed by atoms with Crippen LogP contribution in [0.3, 0.4) is 0 Å². The van der Waals surface area contributed by atoms with Gasteiger partial charge in [0.25, 0.3) is 0 Å². The third kappa shape index (κ3) is 4.71. The number of nitrogens with zero attached hydrogens (tertiary/aromatic N) is 1. The van der Waals surface area contributed by atoms with Crippen molar-refractivity contribution in [3.05, 3.63) is 29.3 Å². The molecule has 1 heterocycles. The van der Waals surface area contributed by atoms with Gasteiger partial charge < -0.3 is 15.6 Å². The number of likely N-dealkylation sites (tertiary alicyclic amines) is 1. The van der Waals surface area contributed by atoms with Crippen molar-refractivity contribution < 1.29 is 14.6 Å². The summed E-state index contributed by atoms with van der Waals surface area (Å²) in [5, 5.41) is 8.95. The standard InChI is InChI=1S/C17H26N2O3/c1-2-22-16-7-6-13(11-15(18)17(20)21)10-14(16)12-19-8-4-3-5-9-19/h6-7,10,15H,2-5,8-9,11-12,18H2,1H3,(H,20,21). The zero-order valence-corrected chi connectivity index (χ0v) is 13.3. The first-order chi connectivity index (χ1) is 10.6. The van der Waals surface area contributed by atoms with E-state index in [1.165, 1.54) is 19.3 Å². The number of carboxylic acid groups (broad SMARTS) is 1. The zero-order chi connectivity index (χ0) is 15.9. The van der Waals surface area contributed by atoms with Crippen molar-refractivity contribution in [1.29, 1.82) is 0 Å². The normalized spacial score (nSPS) is 17.2. The lowest BCUT2D eigenvalue weighted by Gasteiger charge is -2.27. The number of piperidine rings is 1. The lowest BCUT2D eigenvalue weighted by Crippen LogP contribution is -2.32. The highest BCUT2D eigenvalue weighted by atomic mass is 16.5. The number of hydrogen-bond donors (Lipinski definition) is 2. The maximum atomic E-state index is 10.9. The van der Waals surface area contributed by atoms with Crippen LogP contribution in [0.1, 0.15) is 37.3 Å². The van der Waals surface area contributed by atoms with E-state index in [9.17, 15) is 4.79 Å². The van der Waals surface area contributed by atoms with Crippen LogP contribution in [0.25, 0.3) is 0 Å². The van der Waals surface area contributed by atoms with Crippen molar-refractivity contribution >= 4 is 5.97 Å². The third-order valence-electron chi connectivity index (χ3n) is 4.04. The number of carbonyl (C=O) groups is 1. The highest BCUT2D eigenvalue weighted by Crippen LogP contribution is 2.24. The molecule has 0 bridgehead atoms. The minimum atomic E-state index is -0.966. The number of rotatable bonds is 7. The molecular formula is C17H26N2O3. The molecule has 1 unspecified atom stereocenters. The predicted molar refractivity (Wildman–Crippen MR) is 86.1 cm³/mol. The smallest absolute Gasteiger partial charge is 0.320 e. The third-order valence-corrected chi connectivity index (χ3v) is 4.04. The Morgan fingerprint density at radius 3 is 2.73 bits per heavy atom. The van der Waals surface area contributed by atoms with Gasteiger partial charge in [-0.25, -0.2) is 0 Å². The SMILES string of the molecule is CCOc1ccc(CC(N)C(=O)O)cc1CN1CCCCC1. The van der Waals surface area contributed by atoms with Crippen molar-refractivity contribution in [2.75, 3.05) is 19.7 Å². The fourth-order valence-corrected chi connectivity index (χ4v) is 2.88. The second-order valence-electron chi connectivity index (χ2n) is 5.86. The summed E-state index contributed by atoms with van der Waals surface area (Å²) in [5.41, 5.74) is 7.71. The van der Waals surface area contributed by atoms with Gasteiger partial charge in [-0.05, 0) is 50.9 Å². The largest absolute Gasteiger partial charge is 0.494 e. The quantitative estimate of drug-likeness (QED) is 0.806. The molecule has 1 atom stereocenters. The molecule has 1 aromatic rings. The Morgan fingerprint density at radius 2 is 2.09 bits per heavy atom. The van der Waals surface area contributed by atoms with Crippen LogP contribution in [0.4, 0.5) is 0 Å². The Kier molecular flexibility index (Phi) is 6.21. The van der Waals surface area contributed by atoms with Gasteiger partial charge in [0.1, 0.15) is 11.8 Å². The highest BCUT2D eigenvalue weighted by molar-refractivity contribution is 5.73. The van der Waals surface area contributed by atoms with Crippen LogP contribution in [0, 0.1) is 0 Å². The lowest BCUT2D eigenvalue weighted by molar-refractivity contribution is -0.138. The van der Waals surface area contributed by atoms with E-state index in [2.05, 4.69) is 4.90 Å². The van der Waals surface area contributed by atoms with Gasteiger partial charge in [-0.2, -0.15) is 0 Å². The summed E-state index contributed by atoms with van der Waals surface area (Å²) < 4.78 is 5.71. The molecule has 0 amide bonds. The van der Waals surface area contributed by atoms with Crippen LogP contribution in [0.5, 0.6) is 5.75 Å². The fraction of sp³-hybridized carbons (Fsp3) is 0.588. The Hall–Kier alpha value is -1.59. The van der Waals surface area contributed by atoms with Crippen LogP contribution in [-0.2, 0) is 17.8 Å². The zero-order valence-electron chi connectivity index (χ0n) is 13.3. The fourth-order valence-electron chi connectivity index (χ4n) is 2.88. The average molecular weight is 306 g/mol. The van der Waals surface area contributed by atoms with Gasteiger partial charge in [-0.15, -0.1) is 0 Å². The molecule has 5 heteroatoms. The summed E-state index contributed by atoms with van der Waals surface area (Å²) >= 11 is 0. The first-order valence-corrected chi connectivity index (χ1v) is 8.05. The number of benzene rings is 1. The number of ether oxygens (including phenoxy) is 1. The van der Waals surface area contributed by atoms with E-state index >= 15 is 0 Å². The van der Waals surface area contributed by atoms with Crippen LogP contribution < -0.4 is 10.5 Å². The maximum absolute atomic E-state index is 10.9. The molecule has 5 nitrogen and oxygen atoms in total. The van der Waals surface area contributed by atoms with E-state index < -0.39 is 12.0 Å². The first kappa shape index (κ1) is 16.8. The van der Waals surface area contributed by atoms with Gasteiger partial charge in [-0.1, -0.05) is 18.6 Å². The molecule has 2 rings (SSSR count). The average Bonchev–Trinajstić information content (AvgIpc) is 2.51. The summed E-state index contributed by atoms with van der Waals surface area (Å²) in [4.78, 5) is 13.3. The van der Waals surface area contributed by atoms with Gasteiger partial charge in [0, 0.05) is 12.1 Å². The van der Waals surface area contributed by atoms with Crippen molar-refractivity contribution in [1.82, 2.24) is 4.90 Å². The van der Waals surface area contributed by atoms with Crippen molar-refractivity contribution in [3.63, 3.8) is 0 Å². The summed E-state index contributed by atoms with van der Waals surface area (Å²) in [5.74, 6) is -0.0767. The molecular weight excluding hydrogens is 280 g/mol.